The van der Waals surface area contributed by atoms with Crippen LogP contribution in [0.1, 0.15) is 44.9 Å². The van der Waals surface area contributed by atoms with Gasteiger partial charge in [0.25, 0.3) is 0 Å². The number of carboxylic acids is 1. The number of carboxylic acid groups (broad SMARTS) is 1. The molecule has 0 unspecified atom stereocenters. The summed E-state index contributed by atoms with van der Waals surface area (Å²) in [6.07, 6.45) is 6.82. The van der Waals surface area contributed by atoms with Gasteiger partial charge in [0.1, 0.15) is 5.78 Å². The van der Waals surface area contributed by atoms with Crippen molar-refractivity contribution in [2.45, 2.75) is 62.9 Å². The van der Waals surface area contributed by atoms with Crippen molar-refractivity contribution in [2.24, 2.45) is 11.7 Å². The van der Waals surface area contributed by atoms with Crippen molar-refractivity contribution in [3.05, 3.63) is 12.2 Å². The maximum atomic E-state index is 12.4. The first kappa shape index (κ1) is 17.2. The first-order valence-corrected chi connectivity index (χ1v) is 7.96. The van der Waals surface area contributed by atoms with Gasteiger partial charge in [0.15, 0.2) is 0 Å². The number of hydrogen-bond donors (Lipinski definition) is 3. The molecule has 2 atom stereocenters. The fourth-order valence-electron chi connectivity index (χ4n) is 3.20. The van der Waals surface area contributed by atoms with Crippen LogP contribution in [0.15, 0.2) is 12.2 Å². The number of rotatable bonds is 5. The van der Waals surface area contributed by atoms with E-state index in [0.717, 1.165) is 25.7 Å². The molecule has 1 heterocycles. The highest BCUT2D eigenvalue weighted by molar-refractivity contribution is 6.45. The summed E-state index contributed by atoms with van der Waals surface area (Å²) in [5, 5.41) is 18.9. The molecule has 122 valence electrons. The maximum Gasteiger partial charge on any atom is 0.458 e. The van der Waals surface area contributed by atoms with Crippen molar-refractivity contribution < 1.29 is 24.4 Å². The number of carbonyl (C=O) groups excluding carboxylic acids is 1. The Morgan fingerprint density at radius 1 is 1.23 bits per heavy atom. The minimum atomic E-state index is -1.10. The highest BCUT2D eigenvalue weighted by atomic mass is 16.5. The van der Waals surface area contributed by atoms with Crippen LogP contribution in [0.25, 0.3) is 0 Å². The van der Waals surface area contributed by atoms with E-state index in [9.17, 15) is 14.6 Å². The van der Waals surface area contributed by atoms with E-state index in [-0.39, 0.29) is 36.4 Å². The molecule has 1 aliphatic carbocycles. The Hall–Kier alpha value is -1.18. The van der Waals surface area contributed by atoms with Crippen molar-refractivity contribution in [1.82, 2.24) is 0 Å². The molecule has 1 saturated carbocycles. The Morgan fingerprint density at radius 2 is 1.91 bits per heavy atom. The smallest absolute Gasteiger partial charge is 0.458 e. The third kappa shape index (κ3) is 4.93. The lowest BCUT2D eigenvalue weighted by Crippen LogP contribution is -2.33. The fraction of sp³-hybridized carbons (Fsp3) is 0.733. The molecule has 0 bridgehead atoms. The van der Waals surface area contributed by atoms with Gasteiger partial charge in [-0.25, -0.2) is 0 Å². The number of nitrogens with two attached hydrogens (primary N) is 1. The zero-order valence-electron chi connectivity index (χ0n) is 12.7. The first-order valence-electron chi connectivity index (χ1n) is 7.96. The second kappa shape index (κ2) is 7.90. The molecule has 0 spiro atoms. The number of ketones is 1. The summed E-state index contributed by atoms with van der Waals surface area (Å²) in [4.78, 5) is 23.1. The van der Waals surface area contributed by atoms with Gasteiger partial charge < -0.3 is 20.5 Å². The average Bonchev–Trinajstić information content (AvgIpc) is 2.61. The summed E-state index contributed by atoms with van der Waals surface area (Å²) in [6, 6.07) is 0.204. The number of hydrogen-bond acceptors (Lipinski definition) is 5. The zero-order valence-corrected chi connectivity index (χ0v) is 12.7. The number of aliphatic carboxylic acids is 1. The molecule has 6 nitrogen and oxygen atoms in total. The molecule has 1 fully saturated rings. The molecule has 0 radical (unpaired) electrons. The SMILES string of the molecule is NC1CCC(C(=O)C[C@H]2CC=C[C@H](CC(=O)O)OB2O)CC1. The summed E-state index contributed by atoms with van der Waals surface area (Å²) >= 11 is 0. The van der Waals surface area contributed by atoms with Crippen molar-refractivity contribution in [1.29, 1.82) is 0 Å². The van der Waals surface area contributed by atoms with Gasteiger partial charge in [-0.15, -0.1) is 0 Å². The number of Topliss-reactive ketones (excluding diaryl/α,β-unsaturated/α-hetero) is 1. The Balaban J connectivity index is 1.86. The van der Waals surface area contributed by atoms with Crippen LogP contribution in [-0.4, -0.2) is 41.1 Å². The van der Waals surface area contributed by atoms with E-state index in [0.29, 0.717) is 6.42 Å². The second-order valence-corrected chi connectivity index (χ2v) is 6.37. The minimum absolute atomic E-state index is 0.0362. The van der Waals surface area contributed by atoms with Crippen LogP contribution >= 0.6 is 0 Å². The molecule has 1 aliphatic heterocycles. The molecule has 0 aromatic heterocycles. The Kier molecular flexibility index (Phi) is 6.17. The van der Waals surface area contributed by atoms with Crippen LogP contribution in [0.3, 0.4) is 0 Å². The van der Waals surface area contributed by atoms with E-state index in [1.165, 1.54) is 0 Å². The molecule has 0 amide bonds. The van der Waals surface area contributed by atoms with Gasteiger partial charge in [-0.05, 0) is 32.1 Å². The first-order chi connectivity index (χ1) is 10.5. The Labute approximate surface area is 130 Å². The molecular weight excluding hydrogens is 285 g/mol. The number of carbonyl (C=O) groups is 2. The highest BCUT2D eigenvalue weighted by Crippen LogP contribution is 2.31. The van der Waals surface area contributed by atoms with Gasteiger partial charge in [0.05, 0.1) is 12.5 Å². The normalized spacial score (nSPS) is 32.5. The molecule has 0 saturated heterocycles. The average molecular weight is 309 g/mol. The lowest BCUT2D eigenvalue weighted by atomic mass is 9.66. The summed E-state index contributed by atoms with van der Waals surface area (Å²) in [5.41, 5.74) is 5.85. The van der Waals surface area contributed by atoms with Gasteiger partial charge >= 0.3 is 13.1 Å². The van der Waals surface area contributed by atoms with Crippen molar-refractivity contribution in [3.63, 3.8) is 0 Å². The minimum Gasteiger partial charge on any atom is -0.481 e. The molecule has 0 aromatic rings. The van der Waals surface area contributed by atoms with E-state index in [2.05, 4.69) is 0 Å². The van der Waals surface area contributed by atoms with Gasteiger partial charge in [-0.3, -0.25) is 9.59 Å². The largest absolute Gasteiger partial charge is 0.481 e. The third-order valence-corrected chi connectivity index (χ3v) is 4.57. The van der Waals surface area contributed by atoms with E-state index >= 15 is 0 Å². The van der Waals surface area contributed by atoms with Crippen molar-refractivity contribution in [2.75, 3.05) is 0 Å². The standard InChI is InChI=1S/C15H24BNO5/c17-12-6-4-10(5-7-12)14(18)8-11-2-1-3-13(9-15(19)20)22-16(11)21/h1,3,10-13,21H,2,4-9,17H2,(H,19,20)/t10?,11-,12?,13-/m1/s1. The van der Waals surface area contributed by atoms with Crippen molar-refractivity contribution in [3.8, 4) is 0 Å². The summed E-state index contributed by atoms with van der Waals surface area (Å²) < 4.78 is 5.36. The van der Waals surface area contributed by atoms with Crippen molar-refractivity contribution >= 4 is 18.9 Å². The van der Waals surface area contributed by atoms with Gasteiger partial charge in [-0.1, -0.05) is 12.2 Å². The Bertz CT molecular complexity index is 434. The molecule has 2 rings (SSSR count). The summed E-state index contributed by atoms with van der Waals surface area (Å²) in [7, 11) is -1.10. The van der Waals surface area contributed by atoms with E-state index in [4.69, 9.17) is 15.5 Å². The molecule has 2 aliphatic rings. The van der Waals surface area contributed by atoms with E-state index in [1.54, 1.807) is 12.2 Å². The van der Waals surface area contributed by atoms with Crippen LogP contribution in [0.2, 0.25) is 5.82 Å². The summed E-state index contributed by atoms with van der Waals surface area (Å²) in [5.74, 6) is -1.09. The molecular formula is C15H24BNO5. The van der Waals surface area contributed by atoms with E-state index < -0.39 is 19.2 Å². The van der Waals surface area contributed by atoms with Crippen LogP contribution in [0.5, 0.6) is 0 Å². The van der Waals surface area contributed by atoms with Gasteiger partial charge in [-0.2, -0.15) is 0 Å². The van der Waals surface area contributed by atoms with Crippen LogP contribution in [0.4, 0.5) is 0 Å². The Morgan fingerprint density at radius 3 is 2.55 bits per heavy atom. The number of allylic oxidation sites excluding steroid dienone is 1. The quantitative estimate of drug-likeness (QED) is 0.519. The third-order valence-electron chi connectivity index (χ3n) is 4.57. The predicted molar refractivity (Wildman–Crippen MR) is 82.2 cm³/mol. The lowest BCUT2D eigenvalue weighted by Gasteiger charge is -2.26. The van der Waals surface area contributed by atoms with Crippen LogP contribution in [-0.2, 0) is 14.2 Å². The molecule has 0 aromatic carbocycles. The monoisotopic (exact) mass is 309 g/mol. The zero-order chi connectivity index (χ0) is 16.1. The molecule has 4 N–H and O–H groups in total. The predicted octanol–water partition coefficient (Wildman–Crippen LogP) is 1.13. The maximum absolute atomic E-state index is 12.4. The fourth-order valence-corrected chi connectivity index (χ4v) is 3.20. The van der Waals surface area contributed by atoms with Gasteiger partial charge in [0, 0.05) is 24.2 Å². The second-order valence-electron chi connectivity index (χ2n) is 6.37. The highest BCUT2D eigenvalue weighted by Gasteiger charge is 2.35. The van der Waals surface area contributed by atoms with E-state index in [1.807, 2.05) is 0 Å². The molecule has 22 heavy (non-hydrogen) atoms. The van der Waals surface area contributed by atoms with Gasteiger partial charge in [0.2, 0.25) is 0 Å². The molecule has 7 heteroatoms. The summed E-state index contributed by atoms with van der Waals surface area (Å²) in [6.45, 7) is 0. The topological polar surface area (TPSA) is 110 Å². The van der Waals surface area contributed by atoms with Crippen LogP contribution in [0, 0.1) is 5.92 Å². The lowest BCUT2D eigenvalue weighted by molar-refractivity contribution is -0.138. The van der Waals surface area contributed by atoms with Crippen LogP contribution < -0.4 is 5.73 Å².